The smallest absolute Gasteiger partial charge is 0.231 e. The summed E-state index contributed by atoms with van der Waals surface area (Å²) in [5.41, 5.74) is 3.97. The van der Waals surface area contributed by atoms with Crippen LogP contribution in [0.5, 0.6) is 17.4 Å². The van der Waals surface area contributed by atoms with Crippen molar-refractivity contribution in [3.05, 3.63) is 60.2 Å². The molecule has 1 N–H and O–H groups in total. The molecule has 4 rings (SSSR count). The zero-order valence-corrected chi connectivity index (χ0v) is 14.6. The van der Waals surface area contributed by atoms with Crippen molar-refractivity contribution in [2.45, 2.75) is 0 Å². The quantitative estimate of drug-likeness (QED) is 0.475. The minimum absolute atomic E-state index is 0.361. The second kappa shape index (κ2) is 6.97. The molecule has 2 aromatic carbocycles. The lowest BCUT2D eigenvalue weighted by Crippen LogP contribution is -1.91. The second-order valence-corrected chi connectivity index (χ2v) is 6.32. The van der Waals surface area contributed by atoms with Crippen LogP contribution in [0.25, 0.3) is 21.3 Å². The van der Waals surface area contributed by atoms with Crippen LogP contribution >= 0.6 is 11.3 Å². The molecule has 0 saturated carbocycles. The van der Waals surface area contributed by atoms with Gasteiger partial charge in [-0.3, -0.25) is 0 Å². The summed E-state index contributed by atoms with van der Waals surface area (Å²) in [6.07, 6.45) is 1.48. The van der Waals surface area contributed by atoms with Gasteiger partial charge in [0.15, 0.2) is 0 Å². The van der Waals surface area contributed by atoms with Crippen molar-refractivity contribution in [2.24, 2.45) is 0 Å². The van der Waals surface area contributed by atoms with Gasteiger partial charge in [-0.1, -0.05) is 12.1 Å². The first kappa shape index (κ1) is 16.3. The van der Waals surface area contributed by atoms with Crippen molar-refractivity contribution >= 4 is 27.2 Å². The number of hydrogen-bond donors (Lipinski definition) is 1. The first-order valence-electron chi connectivity index (χ1n) is 7.79. The number of nitrogens with zero attached hydrogens (tertiary/aromatic N) is 2. The van der Waals surface area contributed by atoms with Gasteiger partial charge in [0, 0.05) is 10.9 Å². The van der Waals surface area contributed by atoms with E-state index in [4.69, 9.17) is 9.47 Å². The highest BCUT2D eigenvalue weighted by molar-refractivity contribution is 7.17. The lowest BCUT2D eigenvalue weighted by molar-refractivity contribution is 0.415. The van der Waals surface area contributed by atoms with Crippen LogP contribution in [-0.4, -0.2) is 17.1 Å². The molecule has 0 spiro atoms. The van der Waals surface area contributed by atoms with Gasteiger partial charge in [0.1, 0.15) is 22.7 Å². The predicted octanol–water partition coefficient (Wildman–Crippen LogP) is 5.46. The van der Waals surface area contributed by atoms with E-state index in [0.717, 1.165) is 27.1 Å². The van der Waals surface area contributed by atoms with Crippen molar-refractivity contribution in [1.82, 2.24) is 9.97 Å². The molecule has 130 valence electrons. The first-order valence-corrected chi connectivity index (χ1v) is 8.67. The zero-order valence-electron chi connectivity index (χ0n) is 13.8. The Kier molecular flexibility index (Phi) is 4.37. The van der Waals surface area contributed by atoms with E-state index >= 15 is 0 Å². The highest BCUT2D eigenvalue weighted by Gasteiger charge is 2.15. The average molecular weight is 367 g/mol. The number of rotatable bonds is 5. The van der Waals surface area contributed by atoms with Crippen molar-refractivity contribution in [3.63, 3.8) is 0 Å². The monoisotopic (exact) mass is 367 g/mol. The molecule has 26 heavy (non-hydrogen) atoms. The summed E-state index contributed by atoms with van der Waals surface area (Å²) >= 11 is 1.53. The summed E-state index contributed by atoms with van der Waals surface area (Å²) in [5, 5.41) is 2.87. The number of ether oxygens (including phenoxy) is 2. The molecule has 0 fully saturated rings. The molecule has 5 nitrogen and oxygen atoms in total. The molecular formula is C19H14FN3O2S. The van der Waals surface area contributed by atoms with Crippen LogP contribution in [0, 0.1) is 0 Å². The fourth-order valence-corrected chi connectivity index (χ4v) is 3.51. The molecule has 0 aliphatic heterocycles. The van der Waals surface area contributed by atoms with Crippen molar-refractivity contribution in [2.75, 3.05) is 12.6 Å². The van der Waals surface area contributed by atoms with Gasteiger partial charge in [-0.05, 0) is 42.0 Å². The maximum absolute atomic E-state index is 12.4. The third-order valence-electron chi connectivity index (χ3n) is 3.91. The van der Waals surface area contributed by atoms with Crippen molar-refractivity contribution < 1.29 is 14.0 Å². The summed E-state index contributed by atoms with van der Waals surface area (Å²) < 4.78 is 23.6. The molecule has 7 heteroatoms. The Morgan fingerprint density at radius 1 is 0.962 bits per heavy atom. The first-order chi connectivity index (χ1) is 12.8. The van der Waals surface area contributed by atoms with Gasteiger partial charge >= 0.3 is 0 Å². The van der Waals surface area contributed by atoms with Gasteiger partial charge < -0.3 is 9.47 Å². The highest BCUT2D eigenvalue weighted by Crippen LogP contribution is 2.39. The normalized spacial score (nSPS) is 10.7. The highest BCUT2D eigenvalue weighted by atomic mass is 32.1. The molecule has 0 unspecified atom stereocenters. The van der Waals surface area contributed by atoms with E-state index in [0.29, 0.717) is 17.3 Å². The van der Waals surface area contributed by atoms with E-state index in [1.54, 1.807) is 36.9 Å². The Balaban J connectivity index is 1.75. The number of benzene rings is 2. The molecule has 0 saturated heterocycles. The minimum atomic E-state index is 0.361. The Hall–Kier alpha value is -3.19. The van der Waals surface area contributed by atoms with E-state index in [2.05, 4.69) is 9.97 Å². The molecular weight excluding hydrogens is 353 g/mol. The maximum Gasteiger partial charge on any atom is 0.231 e. The minimum Gasteiger partial charge on any atom is -0.497 e. The van der Waals surface area contributed by atoms with E-state index in [9.17, 15) is 4.48 Å². The summed E-state index contributed by atoms with van der Waals surface area (Å²) in [6, 6.07) is 14.3. The Morgan fingerprint density at radius 2 is 1.69 bits per heavy atom. The molecule has 0 aliphatic carbocycles. The van der Waals surface area contributed by atoms with Gasteiger partial charge in [-0.25, -0.2) is 15.5 Å². The maximum atomic E-state index is 12.4. The molecule has 0 radical (unpaired) electrons. The van der Waals surface area contributed by atoms with Gasteiger partial charge in [0.25, 0.3) is 0 Å². The molecule has 0 bridgehead atoms. The van der Waals surface area contributed by atoms with Crippen LogP contribution in [0.4, 0.5) is 10.2 Å². The molecule has 0 aliphatic rings. The topological polar surface area (TPSA) is 56.3 Å². The van der Waals surface area contributed by atoms with Crippen LogP contribution in [0.3, 0.4) is 0 Å². The summed E-state index contributed by atoms with van der Waals surface area (Å²) in [7, 11) is 1.64. The van der Waals surface area contributed by atoms with Gasteiger partial charge in [0.2, 0.25) is 5.88 Å². The number of methoxy groups -OCH3 is 1. The molecule has 2 heterocycles. The Morgan fingerprint density at radius 3 is 2.38 bits per heavy atom. The fourth-order valence-electron chi connectivity index (χ4n) is 2.61. The summed E-state index contributed by atoms with van der Waals surface area (Å²) in [5.74, 6) is 1.82. The Bertz CT molecular complexity index is 1030. The second-order valence-electron chi connectivity index (χ2n) is 5.46. The largest absolute Gasteiger partial charge is 0.497 e. The predicted molar refractivity (Wildman–Crippen MR) is 101 cm³/mol. The van der Waals surface area contributed by atoms with Crippen LogP contribution < -0.4 is 15.0 Å². The number of hydrogen-bond acceptors (Lipinski definition) is 6. The zero-order chi connectivity index (χ0) is 17.9. The fraction of sp³-hybridized carbons (Fsp3) is 0.0526. The number of anilines is 1. The SMILES string of the molecule is COc1ccc(-c2csc3ncnc(Oc4ccc(NF)cc4)c23)cc1. The number of nitrogens with one attached hydrogen (secondary N) is 1. The van der Waals surface area contributed by atoms with E-state index < -0.39 is 0 Å². The van der Waals surface area contributed by atoms with Gasteiger partial charge in [-0.2, -0.15) is 0 Å². The number of halogens is 1. The number of thiophene rings is 1. The van der Waals surface area contributed by atoms with Gasteiger partial charge in [0.05, 0.1) is 18.2 Å². The van der Waals surface area contributed by atoms with E-state index in [1.165, 1.54) is 17.7 Å². The lowest BCUT2D eigenvalue weighted by atomic mass is 10.1. The summed E-state index contributed by atoms with van der Waals surface area (Å²) in [4.78, 5) is 9.47. The van der Waals surface area contributed by atoms with Gasteiger partial charge in [-0.15, -0.1) is 15.8 Å². The van der Waals surface area contributed by atoms with Crippen LogP contribution in [-0.2, 0) is 0 Å². The molecule has 4 aromatic rings. The summed E-state index contributed by atoms with van der Waals surface area (Å²) in [6.45, 7) is 0. The van der Waals surface area contributed by atoms with Crippen molar-refractivity contribution in [1.29, 1.82) is 0 Å². The molecule has 0 atom stereocenters. The molecule has 2 aromatic heterocycles. The van der Waals surface area contributed by atoms with Crippen LogP contribution in [0.2, 0.25) is 0 Å². The van der Waals surface area contributed by atoms with E-state index in [1.807, 2.05) is 29.6 Å². The number of fused-ring (bicyclic) bond motifs is 1. The van der Waals surface area contributed by atoms with Crippen molar-refractivity contribution in [3.8, 4) is 28.5 Å². The number of aromatic nitrogens is 2. The third-order valence-corrected chi connectivity index (χ3v) is 4.80. The van der Waals surface area contributed by atoms with Crippen LogP contribution in [0.15, 0.2) is 60.2 Å². The third kappa shape index (κ3) is 3.04. The van der Waals surface area contributed by atoms with Crippen LogP contribution in [0.1, 0.15) is 0 Å². The average Bonchev–Trinajstić information content (AvgIpc) is 3.14. The Labute approximate surface area is 153 Å². The lowest BCUT2D eigenvalue weighted by Gasteiger charge is -2.08. The molecule has 0 amide bonds. The standard InChI is InChI=1S/C19H14FN3O2S/c1-24-14-6-2-12(3-7-14)16-10-26-19-17(16)18(21-11-22-19)25-15-8-4-13(23-20)5-9-15/h2-11,23H,1H3. The van der Waals surface area contributed by atoms with E-state index in [-0.39, 0.29) is 0 Å².